The fourth-order valence-electron chi connectivity index (χ4n) is 3.70. The molecule has 4 aromatic rings. The molecule has 30 heavy (non-hydrogen) atoms. The molecule has 0 spiro atoms. The van der Waals surface area contributed by atoms with Gasteiger partial charge < -0.3 is 9.32 Å². The fourth-order valence-corrected chi connectivity index (χ4v) is 5.14. The largest absolute Gasteiger partial charge is 0.461 e. The van der Waals surface area contributed by atoms with Gasteiger partial charge in [0.05, 0.1) is 16.7 Å². The molecular weight excluding hydrogens is 400 g/mol. The Morgan fingerprint density at radius 3 is 2.27 bits per heavy atom. The molecule has 0 amide bonds. The van der Waals surface area contributed by atoms with E-state index in [0.29, 0.717) is 42.7 Å². The molecule has 8 heteroatoms. The van der Waals surface area contributed by atoms with Gasteiger partial charge in [0, 0.05) is 31.6 Å². The monoisotopic (exact) mass is 420 g/mol. The maximum Gasteiger partial charge on any atom is 0.243 e. The first-order chi connectivity index (χ1) is 14.6. The van der Waals surface area contributed by atoms with Crippen molar-refractivity contribution in [1.29, 1.82) is 0 Å². The molecule has 7 nitrogen and oxygen atoms in total. The maximum absolute atomic E-state index is 12.9. The van der Waals surface area contributed by atoms with Crippen molar-refractivity contribution in [1.82, 2.24) is 14.3 Å². The fraction of sp³-hybridized carbons (Fsp3) is 0.182. The van der Waals surface area contributed by atoms with Crippen LogP contribution in [0.4, 0.5) is 5.82 Å². The summed E-state index contributed by atoms with van der Waals surface area (Å²) in [4.78, 5) is 11.8. The van der Waals surface area contributed by atoms with Crippen LogP contribution in [0.1, 0.15) is 0 Å². The minimum absolute atomic E-state index is 0.325. The number of nitrogens with zero attached hydrogens (tertiary/aromatic N) is 4. The van der Waals surface area contributed by atoms with E-state index >= 15 is 0 Å². The summed E-state index contributed by atoms with van der Waals surface area (Å²) < 4.78 is 32.9. The van der Waals surface area contributed by atoms with Crippen molar-refractivity contribution < 1.29 is 12.8 Å². The third-order valence-electron chi connectivity index (χ3n) is 5.24. The van der Waals surface area contributed by atoms with Gasteiger partial charge in [-0.2, -0.15) is 4.31 Å². The highest BCUT2D eigenvalue weighted by Gasteiger charge is 2.29. The zero-order chi connectivity index (χ0) is 20.6. The van der Waals surface area contributed by atoms with Gasteiger partial charge in [-0.15, -0.1) is 0 Å². The van der Waals surface area contributed by atoms with Crippen LogP contribution in [0.15, 0.2) is 82.3 Å². The van der Waals surface area contributed by atoms with Crippen LogP contribution in [0.5, 0.6) is 0 Å². The lowest BCUT2D eigenvalue weighted by molar-refractivity contribution is 0.384. The molecule has 2 aromatic heterocycles. The first-order valence-corrected chi connectivity index (χ1v) is 11.2. The van der Waals surface area contributed by atoms with Crippen LogP contribution in [0, 0.1) is 0 Å². The van der Waals surface area contributed by atoms with Crippen molar-refractivity contribution >= 4 is 26.7 Å². The standard InChI is InChI=1S/C22H20N4O3S/c27-30(28,17-7-2-1-3-8-17)26-14-12-25(13-15-26)22-18-9-4-5-10-19(18)23-21(24-22)20-11-6-16-29-20/h1-11,16H,12-15H2. The van der Waals surface area contributed by atoms with Gasteiger partial charge in [-0.3, -0.25) is 0 Å². The quantitative estimate of drug-likeness (QED) is 0.503. The normalized spacial score (nSPS) is 15.5. The Morgan fingerprint density at radius 1 is 0.800 bits per heavy atom. The Kier molecular flexibility index (Phi) is 4.72. The van der Waals surface area contributed by atoms with Crippen LogP contribution in [-0.2, 0) is 10.0 Å². The molecule has 0 atom stereocenters. The highest BCUT2D eigenvalue weighted by molar-refractivity contribution is 7.89. The van der Waals surface area contributed by atoms with Crippen LogP contribution in [0.25, 0.3) is 22.5 Å². The van der Waals surface area contributed by atoms with E-state index in [0.717, 1.165) is 16.7 Å². The summed E-state index contributed by atoms with van der Waals surface area (Å²) in [5, 5.41) is 0.937. The lowest BCUT2D eigenvalue weighted by atomic mass is 10.2. The van der Waals surface area contributed by atoms with E-state index in [1.54, 1.807) is 36.6 Å². The number of aromatic nitrogens is 2. The first-order valence-electron chi connectivity index (χ1n) is 9.74. The molecular formula is C22H20N4O3S. The smallest absolute Gasteiger partial charge is 0.243 e. The van der Waals surface area contributed by atoms with Gasteiger partial charge >= 0.3 is 0 Å². The van der Waals surface area contributed by atoms with Crippen molar-refractivity contribution in [2.75, 3.05) is 31.1 Å². The SMILES string of the molecule is O=S(=O)(c1ccccc1)N1CCN(c2nc(-c3ccco3)nc3ccccc23)CC1. The van der Waals surface area contributed by atoms with Gasteiger partial charge in [0.1, 0.15) is 5.82 Å². The number of hydrogen-bond donors (Lipinski definition) is 0. The lowest BCUT2D eigenvalue weighted by Crippen LogP contribution is -2.49. The predicted octanol–water partition coefficient (Wildman–Crippen LogP) is 3.40. The van der Waals surface area contributed by atoms with E-state index in [2.05, 4.69) is 9.88 Å². The molecule has 152 valence electrons. The zero-order valence-corrected chi connectivity index (χ0v) is 17.0. The topological polar surface area (TPSA) is 79.5 Å². The number of benzene rings is 2. The Labute approximate surface area is 174 Å². The van der Waals surface area contributed by atoms with Crippen molar-refractivity contribution in [2.24, 2.45) is 0 Å². The van der Waals surface area contributed by atoms with Crippen molar-refractivity contribution in [3.63, 3.8) is 0 Å². The van der Waals surface area contributed by atoms with Crippen molar-refractivity contribution in [3.05, 3.63) is 73.0 Å². The molecule has 1 fully saturated rings. The Balaban J connectivity index is 1.45. The lowest BCUT2D eigenvalue weighted by Gasteiger charge is -2.35. The number of sulfonamides is 1. The van der Waals surface area contributed by atoms with Gasteiger partial charge in [-0.1, -0.05) is 30.3 Å². The highest BCUT2D eigenvalue weighted by atomic mass is 32.2. The van der Waals surface area contributed by atoms with E-state index in [-0.39, 0.29) is 0 Å². The highest BCUT2D eigenvalue weighted by Crippen LogP contribution is 2.29. The number of fused-ring (bicyclic) bond motifs is 1. The minimum Gasteiger partial charge on any atom is -0.461 e. The number of para-hydroxylation sites is 1. The minimum atomic E-state index is -3.49. The molecule has 1 aliphatic rings. The third-order valence-corrected chi connectivity index (χ3v) is 7.16. The number of hydrogen-bond acceptors (Lipinski definition) is 6. The average Bonchev–Trinajstić information content (AvgIpc) is 3.34. The van der Waals surface area contributed by atoms with Gasteiger partial charge in [0.25, 0.3) is 0 Å². The van der Waals surface area contributed by atoms with Crippen LogP contribution in [-0.4, -0.2) is 48.9 Å². The summed E-state index contributed by atoms with van der Waals surface area (Å²) in [5.74, 6) is 1.92. The van der Waals surface area contributed by atoms with E-state index in [4.69, 9.17) is 9.40 Å². The van der Waals surface area contributed by atoms with E-state index in [9.17, 15) is 8.42 Å². The summed E-state index contributed by atoms with van der Waals surface area (Å²) in [6.45, 7) is 1.88. The van der Waals surface area contributed by atoms with E-state index in [1.165, 1.54) is 4.31 Å². The summed E-state index contributed by atoms with van der Waals surface area (Å²) in [5.41, 5.74) is 0.827. The number of piperazine rings is 1. The number of anilines is 1. The summed E-state index contributed by atoms with van der Waals surface area (Å²) in [6, 6.07) is 20.0. The Hall–Kier alpha value is -3.23. The van der Waals surface area contributed by atoms with Gasteiger partial charge in [-0.05, 0) is 36.4 Å². The first kappa shape index (κ1) is 18.8. The molecule has 0 bridgehead atoms. The third kappa shape index (κ3) is 3.34. The van der Waals surface area contributed by atoms with E-state index in [1.807, 2.05) is 36.4 Å². The van der Waals surface area contributed by atoms with Gasteiger partial charge in [0.2, 0.25) is 10.0 Å². The molecule has 0 radical (unpaired) electrons. The molecule has 0 saturated carbocycles. The molecule has 0 aliphatic carbocycles. The predicted molar refractivity (Wildman–Crippen MR) is 115 cm³/mol. The molecule has 2 aromatic carbocycles. The molecule has 5 rings (SSSR count). The number of rotatable bonds is 4. The molecule has 0 unspecified atom stereocenters. The molecule has 1 saturated heterocycles. The second kappa shape index (κ2) is 7.55. The zero-order valence-electron chi connectivity index (χ0n) is 16.2. The second-order valence-electron chi connectivity index (χ2n) is 7.07. The van der Waals surface area contributed by atoms with Gasteiger partial charge in [-0.25, -0.2) is 18.4 Å². The maximum atomic E-state index is 12.9. The molecule has 0 N–H and O–H groups in total. The Bertz CT molecular complexity index is 1270. The number of furan rings is 1. The van der Waals surface area contributed by atoms with Crippen LogP contribution in [0.2, 0.25) is 0 Å². The molecule has 3 heterocycles. The average molecular weight is 420 g/mol. The summed E-state index contributed by atoms with van der Waals surface area (Å²) in [7, 11) is -3.49. The van der Waals surface area contributed by atoms with Crippen LogP contribution in [0.3, 0.4) is 0 Å². The van der Waals surface area contributed by atoms with E-state index < -0.39 is 10.0 Å². The Morgan fingerprint density at radius 2 is 1.53 bits per heavy atom. The van der Waals surface area contributed by atoms with Gasteiger partial charge in [0.15, 0.2) is 11.6 Å². The van der Waals surface area contributed by atoms with Crippen molar-refractivity contribution in [2.45, 2.75) is 4.90 Å². The van der Waals surface area contributed by atoms with Crippen LogP contribution >= 0.6 is 0 Å². The molecule has 1 aliphatic heterocycles. The van der Waals surface area contributed by atoms with Crippen LogP contribution < -0.4 is 4.90 Å². The second-order valence-corrected chi connectivity index (χ2v) is 9.01. The summed E-state index contributed by atoms with van der Waals surface area (Å²) in [6.07, 6.45) is 1.60. The van der Waals surface area contributed by atoms with Crippen molar-refractivity contribution in [3.8, 4) is 11.6 Å². The summed E-state index contributed by atoms with van der Waals surface area (Å²) >= 11 is 0.